The summed E-state index contributed by atoms with van der Waals surface area (Å²) >= 11 is 5.62. The number of aromatic nitrogens is 2. The molecule has 0 amide bonds. The minimum absolute atomic E-state index is 0.128. The van der Waals surface area contributed by atoms with Crippen molar-refractivity contribution in [3.8, 4) is 5.69 Å². The molecule has 0 aliphatic carbocycles. The van der Waals surface area contributed by atoms with E-state index in [0.717, 1.165) is 4.68 Å². The van der Waals surface area contributed by atoms with Crippen molar-refractivity contribution < 1.29 is 14.1 Å². The molecule has 1 heterocycles. The second kappa shape index (κ2) is 3.78. The van der Waals surface area contributed by atoms with Gasteiger partial charge in [0.2, 0.25) is 0 Å². The largest absolute Gasteiger partial charge is 0.447 e. The van der Waals surface area contributed by atoms with Gasteiger partial charge in [0, 0.05) is 23.7 Å². The highest BCUT2D eigenvalue weighted by Crippen LogP contribution is 2.17. The first kappa shape index (κ1) is 10.4. The first-order valence-corrected chi connectivity index (χ1v) is 4.52. The quantitative estimate of drug-likeness (QED) is 0.479. The average Bonchev–Trinajstić information content (AvgIpc) is 2.60. The molecule has 1 N–H and O–H groups in total. The van der Waals surface area contributed by atoms with Crippen molar-refractivity contribution in [1.29, 1.82) is 0 Å². The van der Waals surface area contributed by atoms with E-state index in [1.807, 2.05) is 0 Å². The smallest absolute Gasteiger partial charge is 0.281 e. The van der Waals surface area contributed by atoms with Crippen molar-refractivity contribution >= 4 is 17.3 Å². The van der Waals surface area contributed by atoms with Gasteiger partial charge in [-0.1, -0.05) is 12.1 Å². The van der Waals surface area contributed by atoms with Crippen molar-refractivity contribution in [3.05, 3.63) is 50.0 Å². The van der Waals surface area contributed by atoms with Gasteiger partial charge in [0.05, 0.1) is 4.92 Å². The van der Waals surface area contributed by atoms with Crippen LogP contribution < -0.4 is 10.3 Å². The van der Waals surface area contributed by atoms with E-state index in [2.05, 4.69) is 9.79 Å². The van der Waals surface area contributed by atoms with Crippen molar-refractivity contribution in [1.82, 2.24) is 5.27 Å². The molecule has 0 aliphatic heterocycles. The van der Waals surface area contributed by atoms with E-state index < -0.39 is 10.5 Å². The Labute approximate surface area is 93.0 Å². The Morgan fingerprint density at radius 3 is 2.69 bits per heavy atom. The summed E-state index contributed by atoms with van der Waals surface area (Å²) in [6.45, 7) is 0. The molecule has 0 unspecified atom stereocenters. The van der Waals surface area contributed by atoms with Gasteiger partial charge in [0.25, 0.3) is 0 Å². The van der Waals surface area contributed by atoms with Gasteiger partial charge in [-0.15, -0.1) is 0 Å². The highest BCUT2D eigenvalue weighted by molar-refractivity contribution is 6.28. The third-order valence-corrected chi connectivity index (χ3v) is 2.24. The van der Waals surface area contributed by atoms with Gasteiger partial charge in [-0.05, 0) is 9.95 Å². The van der Waals surface area contributed by atoms with Gasteiger partial charge < -0.3 is 0 Å². The number of aromatic amines is 1. The van der Waals surface area contributed by atoms with Gasteiger partial charge >= 0.3 is 22.2 Å². The first-order valence-electron chi connectivity index (χ1n) is 4.14. The second-order valence-electron chi connectivity index (χ2n) is 2.85. The summed E-state index contributed by atoms with van der Waals surface area (Å²) in [5.41, 5.74) is -0.852. The van der Waals surface area contributed by atoms with Gasteiger partial charge in [-0.3, -0.25) is 14.6 Å². The lowest BCUT2D eigenvalue weighted by Gasteiger charge is -1.92. The fourth-order valence-corrected chi connectivity index (χ4v) is 1.39. The topological polar surface area (TPSA) is 93.0 Å². The number of nitro groups is 1. The summed E-state index contributed by atoms with van der Waals surface area (Å²) in [7, 11) is 0. The summed E-state index contributed by atoms with van der Waals surface area (Å²) in [6, 6.07) is 5.82. The van der Waals surface area contributed by atoms with Crippen molar-refractivity contribution in [3.63, 3.8) is 0 Å². The Morgan fingerprint density at radius 1 is 1.44 bits per heavy atom. The van der Waals surface area contributed by atoms with Crippen LogP contribution in [0.1, 0.15) is 0 Å². The number of hydrogen-bond donors (Lipinski definition) is 1. The predicted octanol–water partition coefficient (Wildman–Crippen LogP) is 0.806. The monoisotopic (exact) mass is 242 g/mol. The van der Waals surface area contributed by atoms with Gasteiger partial charge in [-0.2, -0.15) is 0 Å². The summed E-state index contributed by atoms with van der Waals surface area (Å²) in [5, 5.41) is 12.6. The Balaban J connectivity index is 2.69. The van der Waals surface area contributed by atoms with Crippen LogP contribution in [0.2, 0.25) is 5.15 Å². The van der Waals surface area contributed by atoms with E-state index in [9.17, 15) is 14.9 Å². The Morgan fingerprint density at radius 2 is 2.12 bits per heavy atom. The van der Waals surface area contributed by atoms with Gasteiger partial charge in [0.1, 0.15) is 0 Å². The number of benzene rings is 1. The fourth-order valence-electron chi connectivity index (χ4n) is 1.22. The maximum Gasteiger partial charge on any atom is 0.447 e. The van der Waals surface area contributed by atoms with E-state index in [0.29, 0.717) is 0 Å². The summed E-state index contributed by atoms with van der Waals surface area (Å²) in [5.74, 6) is 0. The minimum atomic E-state index is -0.792. The van der Waals surface area contributed by atoms with Crippen LogP contribution in [-0.2, 0) is 0 Å². The number of hydrogen-bond acceptors (Lipinski definition) is 4. The van der Waals surface area contributed by atoms with Crippen molar-refractivity contribution in [2.45, 2.75) is 0 Å². The molecule has 0 bridgehead atoms. The lowest BCUT2D eigenvalue weighted by atomic mass is 10.3. The molecule has 0 saturated carbocycles. The molecule has 2 aromatic rings. The number of nitrogens with zero attached hydrogens (tertiary/aromatic N) is 2. The van der Waals surface area contributed by atoms with E-state index in [1.54, 1.807) is 6.07 Å². The number of nitro benzene ring substituents is 1. The third kappa shape index (κ3) is 1.57. The highest BCUT2D eigenvalue weighted by atomic mass is 35.5. The number of halogens is 1. The molecule has 2 rings (SSSR count). The molecule has 0 saturated heterocycles. The van der Waals surface area contributed by atoms with Gasteiger partial charge in [0.15, 0.2) is 0 Å². The number of H-pyrrole nitrogens is 1. The van der Waals surface area contributed by atoms with Crippen LogP contribution in [0.3, 0.4) is 0 Å². The standard InChI is InChI=1S/C8H4ClN3O4/c9-7-8(13)16-10-11(7)5-3-1-2-4-6(5)12(14)15/h1-4H/p+1. The van der Waals surface area contributed by atoms with Crippen LogP contribution in [0.15, 0.2) is 33.6 Å². The first-order chi connectivity index (χ1) is 7.61. The SMILES string of the molecule is O=c1o[nH][n+](-c2ccccc2[N+](=O)[O-])c1Cl. The Hall–Kier alpha value is -2.15. The molecule has 8 heteroatoms. The molecule has 16 heavy (non-hydrogen) atoms. The molecule has 0 atom stereocenters. The number of nitrogens with one attached hydrogen (secondary N) is 1. The number of para-hydroxylation sites is 2. The fraction of sp³-hybridized carbons (Fsp3) is 0. The normalized spacial score (nSPS) is 10.3. The van der Waals surface area contributed by atoms with Crippen LogP contribution in [-0.4, -0.2) is 10.2 Å². The van der Waals surface area contributed by atoms with E-state index in [-0.39, 0.29) is 16.5 Å². The zero-order chi connectivity index (χ0) is 11.7. The van der Waals surface area contributed by atoms with Crippen LogP contribution in [0, 0.1) is 10.1 Å². The van der Waals surface area contributed by atoms with Crippen LogP contribution >= 0.6 is 11.6 Å². The Kier molecular flexibility index (Phi) is 2.45. The van der Waals surface area contributed by atoms with Gasteiger partial charge in [-0.25, -0.2) is 4.79 Å². The highest BCUT2D eigenvalue weighted by Gasteiger charge is 2.28. The number of rotatable bonds is 2. The molecule has 0 spiro atoms. The Bertz CT molecular complexity index is 603. The molecule has 1 aromatic heterocycles. The molecule has 0 aliphatic rings. The molecule has 7 nitrogen and oxygen atoms in total. The van der Waals surface area contributed by atoms with Crippen LogP contribution in [0.4, 0.5) is 5.69 Å². The lowest BCUT2D eigenvalue weighted by Crippen LogP contribution is -2.35. The molecule has 82 valence electrons. The molecular weight excluding hydrogens is 238 g/mol. The predicted molar refractivity (Wildman–Crippen MR) is 52.5 cm³/mol. The molecule has 0 radical (unpaired) electrons. The molecule has 1 aromatic carbocycles. The molecule has 0 fully saturated rings. The third-order valence-electron chi connectivity index (χ3n) is 1.91. The lowest BCUT2D eigenvalue weighted by molar-refractivity contribution is -0.671. The van der Waals surface area contributed by atoms with Crippen LogP contribution in [0.25, 0.3) is 5.69 Å². The maximum absolute atomic E-state index is 11.0. The van der Waals surface area contributed by atoms with E-state index in [1.165, 1.54) is 18.2 Å². The summed E-state index contributed by atoms with van der Waals surface area (Å²) < 4.78 is 5.41. The summed E-state index contributed by atoms with van der Waals surface area (Å²) in [6.07, 6.45) is 0. The van der Waals surface area contributed by atoms with Crippen molar-refractivity contribution in [2.24, 2.45) is 0 Å². The maximum atomic E-state index is 11.0. The molecular formula is C8H5ClN3O4+. The minimum Gasteiger partial charge on any atom is -0.281 e. The summed E-state index contributed by atoms with van der Waals surface area (Å²) in [4.78, 5) is 21.1. The average molecular weight is 243 g/mol. The van der Waals surface area contributed by atoms with E-state index in [4.69, 9.17) is 11.6 Å². The van der Waals surface area contributed by atoms with E-state index >= 15 is 0 Å². The zero-order valence-corrected chi connectivity index (χ0v) is 8.47. The van der Waals surface area contributed by atoms with Crippen molar-refractivity contribution in [2.75, 3.05) is 0 Å². The van der Waals surface area contributed by atoms with Crippen LogP contribution in [0.5, 0.6) is 0 Å². The second-order valence-corrected chi connectivity index (χ2v) is 3.21. The zero-order valence-electron chi connectivity index (χ0n) is 7.71.